The number of hydrogen-bond donors (Lipinski definition) is 1. The number of rotatable bonds is 9. The molecular weight excluding hydrogens is 396 g/mol. The van der Waals surface area contributed by atoms with E-state index in [0.29, 0.717) is 23.4 Å². The smallest absolute Gasteiger partial charge is 0.234 e. The van der Waals surface area contributed by atoms with E-state index >= 15 is 0 Å². The molecule has 0 aliphatic rings. The van der Waals surface area contributed by atoms with Gasteiger partial charge in [0.1, 0.15) is 5.75 Å². The van der Waals surface area contributed by atoms with Crippen LogP contribution in [0.1, 0.15) is 25.3 Å². The van der Waals surface area contributed by atoms with E-state index in [9.17, 15) is 4.79 Å². The first-order chi connectivity index (χ1) is 14.5. The Bertz CT molecular complexity index is 1010. The van der Waals surface area contributed by atoms with Crippen molar-refractivity contribution in [1.29, 1.82) is 0 Å². The molecule has 30 heavy (non-hydrogen) atoms. The predicted molar refractivity (Wildman–Crippen MR) is 122 cm³/mol. The molecule has 0 saturated carbocycles. The number of ether oxygens (including phenoxy) is 1. The van der Waals surface area contributed by atoms with Crippen molar-refractivity contribution < 1.29 is 9.53 Å². The average molecular weight is 423 g/mol. The molecule has 7 heteroatoms. The monoisotopic (exact) mass is 422 g/mol. The second-order valence-electron chi connectivity index (χ2n) is 7.05. The maximum Gasteiger partial charge on any atom is 0.234 e. The maximum absolute atomic E-state index is 12.4. The summed E-state index contributed by atoms with van der Waals surface area (Å²) in [5.41, 5.74) is 2.92. The zero-order valence-corrected chi connectivity index (χ0v) is 18.3. The molecule has 3 aromatic rings. The highest BCUT2D eigenvalue weighted by Gasteiger charge is 2.15. The number of aromatic nitrogens is 3. The van der Waals surface area contributed by atoms with Crippen molar-refractivity contribution in [1.82, 2.24) is 14.8 Å². The Morgan fingerprint density at radius 2 is 2.00 bits per heavy atom. The number of nitrogens with one attached hydrogen (secondary N) is 1. The van der Waals surface area contributed by atoms with Gasteiger partial charge in [0.2, 0.25) is 5.91 Å². The normalized spacial score (nSPS) is 10.8. The summed E-state index contributed by atoms with van der Waals surface area (Å²) in [5.74, 6) is 2.06. The Labute approximate surface area is 181 Å². The topological polar surface area (TPSA) is 69.0 Å². The molecule has 0 fully saturated rings. The fourth-order valence-corrected chi connectivity index (χ4v) is 3.69. The first-order valence-corrected chi connectivity index (χ1v) is 10.7. The SMILES string of the molecule is C=CCn1c(SCC(=O)Nc2ccc(C(C)C)cc2)nnc1-c1cccc(OC)c1. The average Bonchev–Trinajstić information content (AvgIpc) is 3.15. The van der Waals surface area contributed by atoms with Crippen LogP contribution in [0.3, 0.4) is 0 Å². The molecule has 6 nitrogen and oxygen atoms in total. The summed E-state index contributed by atoms with van der Waals surface area (Å²) in [6.45, 7) is 8.65. The quantitative estimate of drug-likeness (QED) is 0.388. The number of benzene rings is 2. The van der Waals surface area contributed by atoms with Gasteiger partial charge in [-0.2, -0.15) is 0 Å². The van der Waals surface area contributed by atoms with Gasteiger partial charge < -0.3 is 10.1 Å². The van der Waals surface area contributed by atoms with Crippen molar-refractivity contribution in [3.63, 3.8) is 0 Å². The fourth-order valence-electron chi connectivity index (χ4n) is 2.94. The van der Waals surface area contributed by atoms with Crippen LogP contribution in [0.4, 0.5) is 5.69 Å². The van der Waals surface area contributed by atoms with Gasteiger partial charge in [-0.1, -0.05) is 56.0 Å². The summed E-state index contributed by atoms with van der Waals surface area (Å²) in [4.78, 5) is 12.4. The van der Waals surface area contributed by atoms with Crippen molar-refractivity contribution in [2.24, 2.45) is 0 Å². The highest BCUT2D eigenvalue weighted by molar-refractivity contribution is 7.99. The first kappa shape index (κ1) is 21.6. The fraction of sp³-hybridized carbons (Fsp3) is 0.261. The van der Waals surface area contributed by atoms with Gasteiger partial charge in [-0.05, 0) is 35.7 Å². The van der Waals surface area contributed by atoms with Crippen molar-refractivity contribution in [2.45, 2.75) is 31.5 Å². The molecule has 3 rings (SSSR count). The van der Waals surface area contributed by atoms with E-state index in [1.807, 2.05) is 53.1 Å². The predicted octanol–water partition coefficient (Wildman–Crippen LogP) is 4.99. The molecule has 1 amide bonds. The van der Waals surface area contributed by atoms with Crippen molar-refractivity contribution >= 4 is 23.4 Å². The zero-order valence-electron chi connectivity index (χ0n) is 17.5. The Hall–Kier alpha value is -3.06. The van der Waals surface area contributed by atoms with E-state index in [2.05, 4.69) is 35.9 Å². The van der Waals surface area contributed by atoms with E-state index < -0.39 is 0 Å². The number of carbonyl (C=O) groups excluding carboxylic acids is 1. The van der Waals surface area contributed by atoms with Crippen LogP contribution in [0, 0.1) is 0 Å². The lowest BCUT2D eigenvalue weighted by Gasteiger charge is -2.10. The molecule has 0 spiro atoms. The van der Waals surface area contributed by atoms with Gasteiger partial charge in [-0.15, -0.1) is 16.8 Å². The molecular formula is C23H26N4O2S. The van der Waals surface area contributed by atoms with E-state index in [0.717, 1.165) is 17.0 Å². The number of nitrogens with zero attached hydrogens (tertiary/aromatic N) is 3. The van der Waals surface area contributed by atoms with Crippen LogP contribution in [0.25, 0.3) is 11.4 Å². The largest absolute Gasteiger partial charge is 0.497 e. The molecule has 2 aromatic carbocycles. The minimum Gasteiger partial charge on any atom is -0.497 e. The molecule has 0 aliphatic carbocycles. The zero-order chi connectivity index (χ0) is 21.5. The van der Waals surface area contributed by atoms with Crippen LogP contribution in [0.2, 0.25) is 0 Å². The number of hydrogen-bond acceptors (Lipinski definition) is 5. The van der Waals surface area contributed by atoms with Crippen LogP contribution in [-0.2, 0) is 11.3 Å². The molecule has 0 saturated heterocycles. The third-order valence-electron chi connectivity index (χ3n) is 4.55. The van der Waals surface area contributed by atoms with Gasteiger partial charge in [0.15, 0.2) is 11.0 Å². The number of anilines is 1. The molecule has 1 N–H and O–H groups in total. The summed E-state index contributed by atoms with van der Waals surface area (Å²) < 4.78 is 7.24. The Kier molecular flexibility index (Phi) is 7.30. The third-order valence-corrected chi connectivity index (χ3v) is 5.52. The van der Waals surface area contributed by atoms with Crippen molar-refractivity contribution in [3.8, 4) is 17.1 Å². The van der Waals surface area contributed by atoms with Gasteiger partial charge in [0.05, 0.1) is 12.9 Å². The number of thioether (sulfide) groups is 1. The van der Waals surface area contributed by atoms with Gasteiger partial charge in [0.25, 0.3) is 0 Å². The minimum absolute atomic E-state index is 0.0895. The minimum atomic E-state index is -0.0895. The van der Waals surface area contributed by atoms with E-state index in [1.165, 1.54) is 17.3 Å². The summed E-state index contributed by atoms with van der Waals surface area (Å²) in [6, 6.07) is 15.6. The molecule has 156 valence electrons. The number of amides is 1. The van der Waals surface area contributed by atoms with Crippen molar-refractivity contribution in [2.75, 3.05) is 18.2 Å². The van der Waals surface area contributed by atoms with Gasteiger partial charge in [-0.25, -0.2) is 0 Å². The molecule has 0 aliphatic heterocycles. The van der Waals surface area contributed by atoms with Gasteiger partial charge in [-0.3, -0.25) is 9.36 Å². The van der Waals surface area contributed by atoms with E-state index in [1.54, 1.807) is 13.2 Å². The highest BCUT2D eigenvalue weighted by atomic mass is 32.2. The summed E-state index contributed by atoms with van der Waals surface area (Å²) in [6.07, 6.45) is 1.79. The summed E-state index contributed by atoms with van der Waals surface area (Å²) in [7, 11) is 1.63. The van der Waals surface area contributed by atoms with Gasteiger partial charge in [0, 0.05) is 17.8 Å². The Morgan fingerprint density at radius 1 is 1.23 bits per heavy atom. The summed E-state index contributed by atoms with van der Waals surface area (Å²) >= 11 is 1.35. The molecule has 0 unspecified atom stereocenters. The number of methoxy groups -OCH3 is 1. The highest BCUT2D eigenvalue weighted by Crippen LogP contribution is 2.27. The van der Waals surface area contributed by atoms with Crippen LogP contribution in [0.5, 0.6) is 5.75 Å². The van der Waals surface area contributed by atoms with E-state index in [4.69, 9.17) is 4.74 Å². The lowest BCUT2D eigenvalue weighted by atomic mass is 10.0. The summed E-state index contributed by atoms with van der Waals surface area (Å²) in [5, 5.41) is 12.2. The third kappa shape index (κ3) is 5.30. The Balaban J connectivity index is 1.69. The standard InChI is InChI=1S/C23H26N4O2S/c1-5-13-27-22(18-7-6-8-20(14-18)29-4)25-26-23(27)30-15-21(28)24-19-11-9-17(10-12-19)16(2)3/h5-12,14,16H,1,13,15H2,2-4H3,(H,24,28). The molecule has 1 aromatic heterocycles. The Morgan fingerprint density at radius 3 is 2.67 bits per heavy atom. The lowest BCUT2D eigenvalue weighted by Crippen LogP contribution is -2.14. The van der Waals surface area contributed by atoms with E-state index in [-0.39, 0.29) is 11.7 Å². The lowest BCUT2D eigenvalue weighted by molar-refractivity contribution is -0.113. The van der Waals surface area contributed by atoms with Crippen LogP contribution in [0.15, 0.2) is 66.3 Å². The number of allylic oxidation sites excluding steroid dienone is 1. The van der Waals surface area contributed by atoms with Gasteiger partial charge >= 0.3 is 0 Å². The molecule has 0 bridgehead atoms. The van der Waals surface area contributed by atoms with Crippen LogP contribution < -0.4 is 10.1 Å². The molecule has 0 radical (unpaired) electrons. The second kappa shape index (κ2) is 10.1. The van der Waals surface area contributed by atoms with Crippen LogP contribution >= 0.6 is 11.8 Å². The molecule has 0 atom stereocenters. The van der Waals surface area contributed by atoms with Crippen molar-refractivity contribution in [3.05, 3.63) is 66.7 Å². The maximum atomic E-state index is 12.4. The molecule has 1 heterocycles. The second-order valence-corrected chi connectivity index (χ2v) is 7.99. The number of carbonyl (C=O) groups is 1. The first-order valence-electron chi connectivity index (χ1n) is 9.73. The van der Waals surface area contributed by atoms with Crippen LogP contribution in [-0.4, -0.2) is 33.5 Å².